The number of carbonyl (C=O) groups is 1. The van der Waals surface area contributed by atoms with Crippen molar-refractivity contribution in [2.45, 2.75) is 37.3 Å². The molecule has 4 rings (SSSR count). The standard InChI is InChI=1S/C27H32N4O5S/c1-19-15-31(20(2)17-32)37(34,35)26-10-9-22(23-13-28-18-29-14-23)12-24(26)36-25(19)16-30(3)27(33)11-21-7-5-4-6-8-21/h4-10,12-14,18-20,25,32H,11,15-17H2,1-3H3/t19-,20+,25+/m1/s1. The summed E-state index contributed by atoms with van der Waals surface area (Å²) in [6.07, 6.45) is 4.47. The quantitative estimate of drug-likeness (QED) is 0.506. The van der Waals surface area contributed by atoms with E-state index in [0.29, 0.717) is 11.1 Å². The third-order valence-electron chi connectivity index (χ3n) is 6.64. The lowest BCUT2D eigenvalue weighted by Crippen LogP contribution is -2.50. The van der Waals surface area contributed by atoms with Gasteiger partial charge in [0.15, 0.2) is 0 Å². The molecule has 1 aliphatic heterocycles. The monoisotopic (exact) mass is 524 g/mol. The summed E-state index contributed by atoms with van der Waals surface area (Å²) in [7, 11) is -2.23. The average molecular weight is 525 g/mol. The molecule has 0 aliphatic carbocycles. The summed E-state index contributed by atoms with van der Waals surface area (Å²) in [6.45, 7) is 3.66. The zero-order valence-electron chi connectivity index (χ0n) is 21.2. The van der Waals surface area contributed by atoms with Crippen molar-refractivity contribution in [1.29, 1.82) is 0 Å². The minimum absolute atomic E-state index is 0.0172. The summed E-state index contributed by atoms with van der Waals surface area (Å²) in [4.78, 5) is 22.7. The summed E-state index contributed by atoms with van der Waals surface area (Å²) in [5, 5.41) is 9.83. The predicted molar refractivity (Wildman–Crippen MR) is 139 cm³/mol. The highest BCUT2D eigenvalue weighted by atomic mass is 32.2. The normalized spacial score (nSPS) is 20.1. The number of amides is 1. The van der Waals surface area contributed by atoms with Gasteiger partial charge in [0.1, 0.15) is 23.1 Å². The highest BCUT2D eigenvalue weighted by Crippen LogP contribution is 2.36. The molecule has 1 amide bonds. The molecule has 2 heterocycles. The summed E-state index contributed by atoms with van der Waals surface area (Å²) in [5.41, 5.74) is 2.34. The molecule has 0 fully saturated rings. The lowest BCUT2D eigenvalue weighted by molar-refractivity contribution is -0.130. The van der Waals surface area contributed by atoms with Gasteiger partial charge in [-0.05, 0) is 30.2 Å². The molecular weight excluding hydrogens is 492 g/mol. The van der Waals surface area contributed by atoms with Crippen LogP contribution in [0.3, 0.4) is 0 Å². The Labute approximate surface area is 217 Å². The molecule has 37 heavy (non-hydrogen) atoms. The Morgan fingerprint density at radius 1 is 1.16 bits per heavy atom. The van der Waals surface area contributed by atoms with Crippen molar-refractivity contribution in [2.75, 3.05) is 26.7 Å². The minimum Gasteiger partial charge on any atom is -0.487 e. The molecular formula is C27H32N4O5S. The maximum atomic E-state index is 13.7. The van der Waals surface area contributed by atoms with E-state index in [4.69, 9.17) is 4.74 Å². The third-order valence-corrected chi connectivity index (χ3v) is 8.66. The van der Waals surface area contributed by atoms with Crippen molar-refractivity contribution in [2.24, 2.45) is 5.92 Å². The Hall–Kier alpha value is -3.34. The zero-order chi connectivity index (χ0) is 26.6. The number of aliphatic hydroxyl groups excluding tert-OH is 1. The molecule has 0 saturated carbocycles. The van der Waals surface area contributed by atoms with Gasteiger partial charge in [0, 0.05) is 43.5 Å². The van der Waals surface area contributed by atoms with Crippen molar-refractivity contribution < 1.29 is 23.1 Å². The first kappa shape index (κ1) is 26.7. The number of sulfonamides is 1. The Balaban J connectivity index is 1.69. The van der Waals surface area contributed by atoms with Gasteiger partial charge in [-0.2, -0.15) is 4.31 Å². The van der Waals surface area contributed by atoms with Crippen molar-refractivity contribution in [3.63, 3.8) is 0 Å². The van der Waals surface area contributed by atoms with Crippen molar-refractivity contribution in [1.82, 2.24) is 19.2 Å². The molecule has 3 atom stereocenters. The Bertz CT molecular complexity index is 1320. The van der Waals surface area contributed by atoms with E-state index in [1.165, 1.54) is 16.7 Å². The van der Waals surface area contributed by atoms with E-state index in [1.54, 1.807) is 43.4 Å². The van der Waals surface area contributed by atoms with Gasteiger partial charge in [-0.15, -0.1) is 0 Å². The summed E-state index contributed by atoms with van der Waals surface area (Å²) < 4.78 is 35.0. The second-order valence-electron chi connectivity index (χ2n) is 9.47. The molecule has 2 aromatic carbocycles. The fourth-order valence-corrected chi connectivity index (χ4v) is 6.17. The summed E-state index contributed by atoms with van der Waals surface area (Å²) >= 11 is 0. The zero-order valence-corrected chi connectivity index (χ0v) is 22.0. The van der Waals surface area contributed by atoms with Gasteiger partial charge < -0.3 is 14.7 Å². The van der Waals surface area contributed by atoms with Crippen LogP contribution in [0, 0.1) is 5.92 Å². The minimum atomic E-state index is -3.96. The van der Waals surface area contributed by atoms with Crippen LogP contribution in [0.15, 0.2) is 72.1 Å². The van der Waals surface area contributed by atoms with E-state index in [1.807, 2.05) is 37.3 Å². The SMILES string of the molecule is C[C@@H]1CN([C@@H](C)CO)S(=O)(=O)c2ccc(-c3cncnc3)cc2O[C@H]1CN(C)C(=O)Cc1ccccc1. The van der Waals surface area contributed by atoms with Crippen LogP contribution in [0.5, 0.6) is 5.75 Å². The molecule has 10 heteroatoms. The molecule has 0 saturated heterocycles. The second kappa shape index (κ2) is 11.4. The van der Waals surface area contributed by atoms with Crippen molar-refractivity contribution in [3.05, 3.63) is 72.8 Å². The van der Waals surface area contributed by atoms with Gasteiger partial charge in [0.25, 0.3) is 0 Å². The van der Waals surface area contributed by atoms with Crippen molar-refractivity contribution in [3.8, 4) is 16.9 Å². The van der Waals surface area contributed by atoms with Crippen LogP contribution in [-0.4, -0.2) is 77.5 Å². The van der Waals surface area contributed by atoms with Gasteiger partial charge in [0.2, 0.25) is 15.9 Å². The van der Waals surface area contributed by atoms with E-state index in [-0.39, 0.29) is 48.6 Å². The Kier molecular flexibility index (Phi) is 8.21. The van der Waals surface area contributed by atoms with Gasteiger partial charge in [-0.1, -0.05) is 43.3 Å². The van der Waals surface area contributed by atoms with Crippen LogP contribution in [0.4, 0.5) is 0 Å². The maximum Gasteiger partial charge on any atom is 0.247 e. The molecule has 3 aromatic rings. The number of nitrogens with zero attached hydrogens (tertiary/aromatic N) is 4. The van der Waals surface area contributed by atoms with Crippen LogP contribution < -0.4 is 4.74 Å². The largest absolute Gasteiger partial charge is 0.487 e. The first-order chi connectivity index (χ1) is 17.7. The molecule has 0 unspecified atom stereocenters. The lowest BCUT2D eigenvalue weighted by atomic mass is 10.0. The fraction of sp³-hybridized carbons (Fsp3) is 0.370. The topological polar surface area (TPSA) is 113 Å². The smallest absolute Gasteiger partial charge is 0.247 e. The molecule has 0 bridgehead atoms. The number of benzene rings is 2. The molecule has 1 aromatic heterocycles. The van der Waals surface area contributed by atoms with E-state index < -0.39 is 22.2 Å². The van der Waals surface area contributed by atoms with Crippen LogP contribution in [-0.2, 0) is 21.2 Å². The Morgan fingerprint density at radius 3 is 2.54 bits per heavy atom. The fourth-order valence-electron chi connectivity index (χ4n) is 4.35. The molecule has 1 N–H and O–H groups in total. The van der Waals surface area contributed by atoms with Crippen LogP contribution >= 0.6 is 0 Å². The van der Waals surface area contributed by atoms with Crippen LogP contribution in [0.25, 0.3) is 11.1 Å². The van der Waals surface area contributed by atoms with Gasteiger partial charge in [0.05, 0.1) is 19.6 Å². The first-order valence-electron chi connectivity index (χ1n) is 12.2. The third kappa shape index (κ3) is 5.98. The van der Waals surface area contributed by atoms with Gasteiger partial charge in [-0.3, -0.25) is 4.79 Å². The second-order valence-corrected chi connectivity index (χ2v) is 11.3. The van der Waals surface area contributed by atoms with Crippen LogP contribution in [0.2, 0.25) is 0 Å². The number of carbonyl (C=O) groups excluding carboxylic acids is 1. The summed E-state index contributed by atoms with van der Waals surface area (Å²) in [6, 6.07) is 13.8. The molecule has 1 aliphatic rings. The van der Waals surface area contributed by atoms with E-state index in [2.05, 4.69) is 9.97 Å². The number of fused-ring (bicyclic) bond motifs is 1. The number of rotatable bonds is 7. The number of ether oxygens (including phenoxy) is 1. The number of likely N-dealkylation sites (N-methyl/N-ethyl adjacent to an activating group) is 1. The molecule has 0 spiro atoms. The Morgan fingerprint density at radius 2 is 1.86 bits per heavy atom. The predicted octanol–water partition coefficient (Wildman–Crippen LogP) is 2.61. The number of hydrogen-bond donors (Lipinski definition) is 1. The molecule has 0 radical (unpaired) electrons. The van der Waals surface area contributed by atoms with Gasteiger partial charge >= 0.3 is 0 Å². The average Bonchev–Trinajstić information content (AvgIpc) is 2.91. The highest BCUT2D eigenvalue weighted by molar-refractivity contribution is 7.89. The lowest BCUT2D eigenvalue weighted by Gasteiger charge is -2.37. The number of aromatic nitrogens is 2. The van der Waals surface area contributed by atoms with E-state index in [0.717, 1.165) is 5.56 Å². The van der Waals surface area contributed by atoms with Crippen LogP contribution in [0.1, 0.15) is 19.4 Å². The molecule has 9 nitrogen and oxygen atoms in total. The highest BCUT2D eigenvalue weighted by Gasteiger charge is 2.38. The number of aliphatic hydroxyl groups is 1. The summed E-state index contributed by atoms with van der Waals surface area (Å²) in [5.74, 6) is -0.141. The number of hydrogen-bond acceptors (Lipinski definition) is 7. The van der Waals surface area contributed by atoms with Gasteiger partial charge in [-0.25, -0.2) is 18.4 Å². The van der Waals surface area contributed by atoms with Crippen molar-refractivity contribution >= 4 is 15.9 Å². The van der Waals surface area contributed by atoms with E-state index in [9.17, 15) is 18.3 Å². The first-order valence-corrected chi connectivity index (χ1v) is 13.6. The molecule has 196 valence electrons. The maximum absolute atomic E-state index is 13.7. The van der Waals surface area contributed by atoms with E-state index >= 15 is 0 Å².